The lowest BCUT2D eigenvalue weighted by Gasteiger charge is -2.26. The van der Waals surface area contributed by atoms with Crippen LogP contribution in [-0.2, 0) is 9.13 Å². The van der Waals surface area contributed by atoms with Gasteiger partial charge in [0, 0.05) is 35.0 Å². The maximum Gasteiger partial charge on any atom is 0.0925 e. The Morgan fingerprint density at radius 2 is 0.571 bits per heavy atom. The van der Waals surface area contributed by atoms with Crippen molar-refractivity contribution in [1.82, 2.24) is 0 Å². The molecule has 0 heterocycles. The van der Waals surface area contributed by atoms with Gasteiger partial charge in [0.1, 0.15) is 0 Å². The number of hydrogen-bond donors (Lipinski definition) is 0. The van der Waals surface area contributed by atoms with Crippen LogP contribution in [0.5, 0.6) is 0 Å². The summed E-state index contributed by atoms with van der Waals surface area (Å²) in [6.07, 6.45) is 14.5. The van der Waals surface area contributed by atoms with Crippen molar-refractivity contribution in [1.29, 1.82) is 0 Å². The van der Waals surface area contributed by atoms with E-state index < -0.39 is 14.3 Å². The van der Waals surface area contributed by atoms with Crippen molar-refractivity contribution < 1.29 is 9.13 Å². The molecule has 2 nitrogen and oxygen atoms in total. The molecule has 0 bridgehead atoms. The van der Waals surface area contributed by atoms with Gasteiger partial charge >= 0.3 is 0 Å². The Morgan fingerprint density at radius 1 is 0.393 bits per heavy atom. The molecule has 28 heavy (non-hydrogen) atoms. The maximum absolute atomic E-state index is 13.0. The molecular formula is C24H52O2P2. The van der Waals surface area contributed by atoms with Crippen molar-refractivity contribution >= 4 is 14.3 Å². The molecule has 0 amide bonds. The SMILES string of the molecule is CC(C)P(=O)(CCCCCCCCCCCCP(=O)(C(C)C)C(C)C)C(C)C. The molecule has 0 atom stereocenters. The molecule has 0 spiro atoms. The first-order valence-corrected chi connectivity index (χ1v) is 16.2. The van der Waals surface area contributed by atoms with Crippen molar-refractivity contribution in [2.75, 3.05) is 12.3 Å². The Labute approximate surface area is 178 Å². The van der Waals surface area contributed by atoms with Crippen LogP contribution < -0.4 is 0 Å². The molecule has 0 fully saturated rings. The largest absolute Gasteiger partial charge is 0.323 e. The van der Waals surface area contributed by atoms with E-state index in [2.05, 4.69) is 55.4 Å². The van der Waals surface area contributed by atoms with Gasteiger partial charge in [-0.1, -0.05) is 107 Å². The van der Waals surface area contributed by atoms with Crippen LogP contribution >= 0.6 is 14.3 Å². The highest BCUT2D eigenvalue weighted by atomic mass is 31.2. The average molecular weight is 435 g/mol. The monoisotopic (exact) mass is 434 g/mol. The van der Waals surface area contributed by atoms with Crippen LogP contribution in [0.2, 0.25) is 0 Å². The summed E-state index contributed by atoms with van der Waals surface area (Å²) < 4.78 is 26.0. The fourth-order valence-electron chi connectivity index (χ4n) is 4.36. The predicted molar refractivity (Wildman–Crippen MR) is 132 cm³/mol. The number of rotatable bonds is 17. The summed E-state index contributed by atoms with van der Waals surface area (Å²) in [4.78, 5) is 0. The third-order valence-electron chi connectivity index (χ3n) is 6.76. The van der Waals surface area contributed by atoms with E-state index in [9.17, 15) is 9.13 Å². The Balaban J connectivity index is 3.69. The Kier molecular flexibility index (Phi) is 14.7. The normalized spacial score (nSPS) is 13.4. The van der Waals surface area contributed by atoms with Gasteiger partial charge in [-0.05, 0) is 12.8 Å². The van der Waals surface area contributed by atoms with Gasteiger partial charge in [0.15, 0.2) is 0 Å². The molecule has 0 aliphatic heterocycles. The molecule has 0 unspecified atom stereocenters. The molecule has 170 valence electrons. The quantitative estimate of drug-likeness (QED) is 0.169. The summed E-state index contributed by atoms with van der Waals surface area (Å²) in [5.74, 6) is 0. The summed E-state index contributed by atoms with van der Waals surface area (Å²) in [6.45, 7) is 17.0. The highest BCUT2D eigenvalue weighted by Crippen LogP contribution is 2.56. The van der Waals surface area contributed by atoms with Crippen LogP contribution in [0.3, 0.4) is 0 Å². The van der Waals surface area contributed by atoms with Gasteiger partial charge in [0.05, 0.1) is 14.3 Å². The lowest BCUT2D eigenvalue weighted by atomic mass is 10.1. The third-order valence-corrected chi connectivity index (χ3v) is 15.8. The van der Waals surface area contributed by atoms with Crippen LogP contribution in [0.4, 0.5) is 0 Å². The highest BCUT2D eigenvalue weighted by molar-refractivity contribution is 7.65. The minimum Gasteiger partial charge on any atom is -0.323 e. The zero-order chi connectivity index (χ0) is 21.8. The van der Waals surface area contributed by atoms with Crippen LogP contribution in [0.1, 0.15) is 120 Å². The summed E-state index contributed by atoms with van der Waals surface area (Å²) in [5.41, 5.74) is 1.34. The van der Waals surface area contributed by atoms with E-state index in [-0.39, 0.29) is 0 Å². The standard InChI is InChI=1S/C24H52O2P2/c1-21(2)27(25,22(3)4)19-17-15-13-11-9-10-12-14-16-18-20-28(26,23(5)6)24(7)8/h21-24H,9-20H2,1-8H3. The second-order valence-corrected chi connectivity index (χ2v) is 18.5. The molecule has 0 aromatic rings. The third kappa shape index (κ3) is 9.98. The van der Waals surface area contributed by atoms with Crippen molar-refractivity contribution in [3.8, 4) is 0 Å². The molecule has 0 rings (SSSR count). The van der Waals surface area contributed by atoms with E-state index in [0.717, 1.165) is 25.2 Å². The topological polar surface area (TPSA) is 34.1 Å². The first kappa shape index (κ1) is 28.5. The number of hydrogen-bond acceptors (Lipinski definition) is 2. The smallest absolute Gasteiger partial charge is 0.0925 e. The molecule has 0 saturated heterocycles. The van der Waals surface area contributed by atoms with Gasteiger partial charge in [0.2, 0.25) is 0 Å². The molecule has 0 aromatic heterocycles. The Hall–Kier alpha value is 0.460. The lowest BCUT2D eigenvalue weighted by Crippen LogP contribution is -2.11. The fourth-order valence-corrected chi connectivity index (χ4v) is 10.2. The van der Waals surface area contributed by atoms with E-state index in [1.54, 1.807) is 0 Å². The highest BCUT2D eigenvalue weighted by Gasteiger charge is 2.30. The van der Waals surface area contributed by atoms with Crippen LogP contribution in [0.15, 0.2) is 0 Å². The summed E-state index contributed by atoms with van der Waals surface area (Å²) >= 11 is 0. The predicted octanol–water partition coefficient (Wildman–Crippen LogP) is 9.25. The average Bonchev–Trinajstić information content (AvgIpc) is 2.61. The Bertz CT molecular complexity index is 413. The second-order valence-electron chi connectivity index (χ2n) is 10.1. The van der Waals surface area contributed by atoms with Crippen molar-refractivity contribution in [3.05, 3.63) is 0 Å². The van der Waals surface area contributed by atoms with Crippen LogP contribution in [-0.4, -0.2) is 35.0 Å². The summed E-state index contributed by atoms with van der Waals surface area (Å²) in [6, 6.07) is 0. The van der Waals surface area contributed by atoms with E-state index in [0.29, 0.717) is 22.6 Å². The molecule has 0 saturated carbocycles. The first-order chi connectivity index (χ1) is 13.0. The molecule has 4 heteroatoms. The molecule has 0 aliphatic rings. The molecule has 0 aliphatic carbocycles. The molecule has 0 radical (unpaired) electrons. The zero-order valence-electron chi connectivity index (χ0n) is 20.5. The minimum absolute atomic E-state index is 0.336. The summed E-state index contributed by atoms with van der Waals surface area (Å²) in [5, 5.41) is 0. The van der Waals surface area contributed by atoms with E-state index >= 15 is 0 Å². The Morgan fingerprint density at radius 3 is 0.750 bits per heavy atom. The van der Waals surface area contributed by atoms with Crippen molar-refractivity contribution in [3.63, 3.8) is 0 Å². The van der Waals surface area contributed by atoms with Gasteiger partial charge in [-0.15, -0.1) is 0 Å². The second kappa shape index (κ2) is 14.5. The van der Waals surface area contributed by atoms with Gasteiger partial charge in [-0.2, -0.15) is 0 Å². The van der Waals surface area contributed by atoms with Crippen molar-refractivity contribution in [2.24, 2.45) is 0 Å². The fraction of sp³-hybridized carbons (Fsp3) is 1.00. The first-order valence-electron chi connectivity index (χ1n) is 12.1. The maximum atomic E-state index is 13.0. The van der Waals surface area contributed by atoms with E-state index in [4.69, 9.17) is 0 Å². The zero-order valence-corrected chi connectivity index (χ0v) is 22.3. The molecular weight excluding hydrogens is 382 g/mol. The van der Waals surface area contributed by atoms with Gasteiger partial charge in [-0.25, -0.2) is 0 Å². The van der Waals surface area contributed by atoms with E-state index in [1.165, 1.54) is 51.4 Å². The summed E-state index contributed by atoms with van der Waals surface area (Å²) in [7, 11) is -3.97. The van der Waals surface area contributed by atoms with Gasteiger partial charge < -0.3 is 9.13 Å². The van der Waals surface area contributed by atoms with Crippen molar-refractivity contribution in [2.45, 2.75) is 142 Å². The van der Waals surface area contributed by atoms with Crippen LogP contribution in [0, 0.1) is 0 Å². The van der Waals surface area contributed by atoms with E-state index in [1.807, 2.05) is 0 Å². The molecule has 0 aromatic carbocycles. The number of unbranched alkanes of at least 4 members (excludes halogenated alkanes) is 9. The van der Waals surface area contributed by atoms with Gasteiger partial charge in [0.25, 0.3) is 0 Å². The molecule has 0 N–H and O–H groups in total. The van der Waals surface area contributed by atoms with Crippen LogP contribution in [0.25, 0.3) is 0 Å². The lowest BCUT2D eigenvalue weighted by molar-refractivity contribution is 0.543. The minimum atomic E-state index is -1.99. The van der Waals surface area contributed by atoms with Gasteiger partial charge in [-0.3, -0.25) is 0 Å².